The highest BCUT2D eigenvalue weighted by atomic mass is 35.5. The second-order valence-electron chi connectivity index (χ2n) is 7.24. The predicted octanol–water partition coefficient (Wildman–Crippen LogP) is 6.49. The maximum absolute atomic E-state index is 12.7. The number of hydrogen-bond acceptors (Lipinski definition) is 5. The molecule has 0 unspecified atom stereocenters. The average molecular weight is 493 g/mol. The standard InChI is InChI=1S/C26H21ClN2O4S/c1-32-23-15-18(6-13-22(23)33-16-17-4-7-19(27)8-5-17)25(30)28-20-9-11-21(12-10-20)29-26(31)24-3-2-14-34-24/h2-15H,16H2,1H3,(H,28,30)(H,29,31). The summed E-state index contributed by atoms with van der Waals surface area (Å²) in [7, 11) is 1.52. The van der Waals surface area contributed by atoms with Crippen LogP contribution in [0.1, 0.15) is 25.6 Å². The van der Waals surface area contributed by atoms with Crippen LogP contribution in [0.25, 0.3) is 0 Å². The van der Waals surface area contributed by atoms with Crippen LogP contribution in [0.2, 0.25) is 5.02 Å². The lowest BCUT2D eigenvalue weighted by atomic mass is 10.1. The summed E-state index contributed by atoms with van der Waals surface area (Å²) < 4.78 is 11.3. The van der Waals surface area contributed by atoms with Gasteiger partial charge in [0, 0.05) is 22.0 Å². The van der Waals surface area contributed by atoms with Gasteiger partial charge in [-0.25, -0.2) is 0 Å². The molecule has 8 heteroatoms. The normalized spacial score (nSPS) is 10.4. The van der Waals surface area contributed by atoms with Gasteiger partial charge in [0.05, 0.1) is 12.0 Å². The zero-order valence-corrected chi connectivity index (χ0v) is 19.8. The summed E-state index contributed by atoms with van der Waals surface area (Å²) >= 11 is 7.29. The van der Waals surface area contributed by atoms with Crippen molar-refractivity contribution in [1.82, 2.24) is 0 Å². The van der Waals surface area contributed by atoms with E-state index in [4.69, 9.17) is 21.1 Å². The third-order valence-corrected chi connectivity index (χ3v) is 6.00. The molecule has 4 aromatic rings. The van der Waals surface area contributed by atoms with Crippen molar-refractivity contribution in [3.05, 3.63) is 105 Å². The Kier molecular flexibility index (Phi) is 7.47. The number of rotatable bonds is 8. The molecule has 0 aliphatic rings. The van der Waals surface area contributed by atoms with E-state index in [1.165, 1.54) is 18.4 Å². The number of amides is 2. The fourth-order valence-corrected chi connectivity index (χ4v) is 3.86. The Bertz CT molecular complexity index is 1270. The van der Waals surface area contributed by atoms with Gasteiger partial charge in [-0.3, -0.25) is 9.59 Å². The first-order valence-electron chi connectivity index (χ1n) is 10.3. The number of halogens is 1. The molecule has 2 amide bonds. The minimum absolute atomic E-state index is 0.169. The lowest BCUT2D eigenvalue weighted by molar-refractivity contribution is 0.101. The van der Waals surface area contributed by atoms with E-state index in [9.17, 15) is 9.59 Å². The first kappa shape index (κ1) is 23.4. The van der Waals surface area contributed by atoms with Crippen LogP contribution in [-0.4, -0.2) is 18.9 Å². The molecular formula is C26H21ClN2O4S. The predicted molar refractivity (Wildman–Crippen MR) is 135 cm³/mol. The number of nitrogens with one attached hydrogen (secondary N) is 2. The number of hydrogen-bond donors (Lipinski definition) is 2. The molecule has 2 N–H and O–H groups in total. The Balaban J connectivity index is 1.37. The summed E-state index contributed by atoms with van der Waals surface area (Å²) in [4.78, 5) is 25.5. The SMILES string of the molecule is COc1cc(C(=O)Nc2ccc(NC(=O)c3cccs3)cc2)ccc1OCc1ccc(Cl)cc1. The monoisotopic (exact) mass is 492 g/mol. The molecule has 0 aliphatic heterocycles. The molecule has 1 aromatic heterocycles. The zero-order valence-electron chi connectivity index (χ0n) is 18.2. The molecule has 0 fully saturated rings. The van der Waals surface area contributed by atoms with Crippen molar-refractivity contribution in [3.63, 3.8) is 0 Å². The molecule has 0 aliphatic carbocycles. The van der Waals surface area contributed by atoms with Crippen molar-refractivity contribution in [2.75, 3.05) is 17.7 Å². The van der Waals surface area contributed by atoms with E-state index >= 15 is 0 Å². The third kappa shape index (κ3) is 5.95. The highest BCUT2D eigenvalue weighted by Gasteiger charge is 2.12. The number of carbonyl (C=O) groups is 2. The fourth-order valence-electron chi connectivity index (χ4n) is 3.11. The van der Waals surface area contributed by atoms with Gasteiger partial charge in [-0.1, -0.05) is 29.8 Å². The van der Waals surface area contributed by atoms with Gasteiger partial charge >= 0.3 is 0 Å². The van der Waals surface area contributed by atoms with Crippen molar-refractivity contribution >= 4 is 46.1 Å². The van der Waals surface area contributed by atoms with Crippen LogP contribution in [0.5, 0.6) is 11.5 Å². The minimum atomic E-state index is -0.294. The molecule has 0 atom stereocenters. The Morgan fingerprint density at radius 2 is 1.53 bits per heavy atom. The Labute approximate surface area is 206 Å². The molecule has 0 spiro atoms. The molecule has 34 heavy (non-hydrogen) atoms. The quantitative estimate of drug-likeness (QED) is 0.294. The number of carbonyl (C=O) groups excluding carboxylic acids is 2. The van der Waals surface area contributed by atoms with Crippen molar-refractivity contribution < 1.29 is 19.1 Å². The topological polar surface area (TPSA) is 76.7 Å². The van der Waals surface area contributed by atoms with Gasteiger partial charge in [0.2, 0.25) is 0 Å². The van der Waals surface area contributed by atoms with Gasteiger partial charge in [-0.15, -0.1) is 11.3 Å². The molecule has 3 aromatic carbocycles. The molecule has 0 bridgehead atoms. The van der Waals surface area contributed by atoms with Crippen LogP contribution in [0.3, 0.4) is 0 Å². The van der Waals surface area contributed by atoms with Crippen molar-refractivity contribution in [2.24, 2.45) is 0 Å². The summed E-state index contributed by atoms with van der Waals surface area (Å²) in [6, 6.07) is 22.9. The van der Waals surface area contributed by atoms with Crippen LogP contribution < -0.4 is 20.1 Å². The highest BCUT2D eigenvalue weighted by molar-refractivity contribution is 7.12. The zero-order chi connectivity index (χ0) is 23.9. The van der Waals surface area contributed by atoms with E-state index in [0.717, 1.165) is 5.56 Å². The lowest BCUT2D eigenvalue weighted by Gasteiger charge is -2.13. The summed E-state index contributed by atoms with van der Waals surface area (Å²) in [5.41, 5.74) is 2.62. The summed E-state index contributed by atoms with van der Waals surface area (Å²) in [6.45, 7) is 0.342. The van der Waals surface area contributed by atoms with Crippen LogP contribution in [0.4, 0.5) is 11.4 Å². The van der Waals surface area contributed by atoms with E-state index < -0.39 is 0 Å². The van der Waals surface area contributed by atoms with Gasteiger partial charge in [0.25, 0.3) is 11.8 Å². The summed E-state index contributed by atoms with van der Waals surface area (Å²) in [6.07, 6.45) is 0. The van der Waals surface area contributed by atoms with Gasteiger partial charge in [-0.2, -0.15) is 0 Å². The van der Waals surface area contributed by atoms with Crippen LogP contribution in [0, 0.1) is 0 Å². The Hall–Kier alpha value is -3.81. The fraction of sp³-hybridized carbons (Fsp3) is 0.0769. The molecule has 1 heterocycles. The average Bonchev–Trinajstić information content (AvgIpc) is 3.40. The minimum Gasteiger partial charge on any atom is -0.493 e. The van der Waals surface area contributed by atoms with Crippen LogP contribution in [-0.2, 0) is 6.61 Å². The van der Waals surface area contributed by atoms with E-state index in [0.29, 0.717) is 44.9 Å². The van der Waals surface area contributed by atoms with Gasteiger partial charge < -0.3 is 20.1 Å². The molecular weight excluding hydrogens is 472 g/mol. The largest absolute Gasteiger partial charge is 0.493 e. The van der Waals surface area contributed by atoms with Crippen LogP contribution in [0.15, 0.2) is 84.2 Å². The third-order valence-electron chi connectivity index (χ3n) is 4.88. The molecule has 4 rings (SSSR count). The maximum Gasteiger partial charge on any atom is 0.265 e. The smallest absolute Gasteiger partial charge is 0.265 e. The van der Waals surface area contributed by atoms with Crippen LogP contribution >= 0.6 is 22.9 Å². The van der Waals surface area contributed by atoms with Gasteiger partial charge in [0.1, 0.15) is 6.61 Å². The lowest BCUT2D eigenvalue weighted by Crippen LogP contribution is -2.13. The maximum atomic E-state index is 12.7. The molecule has 0 radical (unpaired) electrons. The number of thiophene rings is 1. The van der Waals surface area contributed by atoms with Crippen molar-refractivity contribution in [1.29, 1.82) is 0 Å². The number of methoxy groups -OCH3 is 1. The van der Waals surface area contributed by atoms with Crippen molar-refractivity contribution in [3.8, 4) is 11.5 Å². The number of benzene rings is 3. The number of anilines is 2. The molecule has 6 nitrogen and oxygen atoms in total. The molecule has 0 saturated heterocycles. The van der Waals surface area contributed by atoms with Gasteiger partial charge in [-0.05, 0) is 71.6 Å². The summed E-state index contributed by atoms with van der Waals surface area (Å²) in [5.74, 6) is 0.517. The first-order valence-corrected chi connectivity index (χ1v) is 11.6. The second-order valence-corrected chi connectivity index (χ2v) is 8.63. The van der Waals surface area contributed by atoms with Gasteiger partial charge in [0.15, 0.2) is 11.5 Å². The van der Waals surface area contributed by atoms with E-state index in [1.807, 2.05) is 23.6 Å². The first-order chi connectivity index (χ1) is 16.5. The molecule has 0 saturated carbocycles. The van der Waals surface area contributed by atoms with E-state index in [-0.39, 0.29) is 11.8 Å². The van der Waals surface area contributed by atoms with Crippen molar-refractivity contribution in [2.45, 2.75) is 6.61 Å². The number of ether oxygens (including phenoxy) is 2. The molecule has 172 valence electrons. The Morgan fingerprint density at radius 3 is 2.15 bits per heavy atom. The highest BCUT2D eigenvalue weighted by Crippen LogP contribution is 2.29. The van der Waals surface area contributed by atoms with E-state index in [1.54, 1.807) is 60.7 Å². The van der Waals surface area contributed by atoms with E-state index in [2.05, 4.69) is 10.6 Å². The second kappa shape index (κ2) is 10.9. The summed E-state index contributed by atoms with van der Waals surface area (Å²) in [5, 5.41) is 8.18. The Morgan fingerprint density at radius 1 is 0.853 bits per heavy atom.